The van der Waals surface area contributed by atoms with E-state index in [0.717, 1.165) is 22.6 Å². The molecule has 6 bridgehead atoms. The number of nitrogens with zero attached hydrogens (tertiary/aromatic N) is 9. The van der Waals surface area contributed by atoms with Crippen molar-refractivity contribution in [2.24, 2.45) is 30.0 Å². The molecule has 4 N–H and O–H groups in total. The molecule has 24 nitrogen and oxygen atoms in total. The van der Waals surface area contributed by atoms with Gasteiger partial charge < -0.3 is 5.48 Å². The molecule has 0 saturated heterocycles. The summed E-state index contributed by atoms with van der Waals surface area (Å²) < 4.78 is 124. The summed E-state index contributed by atoms with van der Waals surface area (Å²) in [7, 11) is -15.0. The van der Waals surface area contributed by atoms with Crippen LogP contribution >= 0.6 is 23.4 Å². The number of aromatic nitrogens is 5. The molecule has 88 heavy (non-hydrogen) atoms. The Labute approximate surface area is 509 Å². The summed E-state index contributed by atoms with van der Waals surface area (Å²) in [5.74, 6) is 2.03. The molecule has 0 spiro atoms. The maximum absolute atomic E-state index is 12.8. The number of aliphatic imine (C=N–C) groups is 4. The van der Waals surface area contributed by atoms with Crippen molar-refractivity contribution in [1.82, 2.24) is 16.5 Å². The van der Waals surface area contributed by atoms with Crippen LogP contribution in [0.25, 0.3) is 87.2 Å². The number of amidine groups is 4. The smallest absolute Gasteiger partial charge is 0.237 e. The van der Waals surface area contributed by atoms with Gasteiger partial charge in [0.25, 0.3) is 0 Å². The second kappa shape index (κ2) is 20.3. The van der Waals surface area contributed by atoms with Crippen LogP contribution in [0.15, 0.2) is 206 Å². The molecule has 0 saturated carbocycles. The molecular weight excluding hydrogens is 1290 g/mol. The van der Waals surface area contributed by atoms with Gasteiger partial charge in [-0.3, -0.25) is 0 Å². The molecule has 4 aliphatic rings. The minimum Gasteiger partial charge on any atom is -0.237 e. The van der Waals surface area contributed by atoms with Gasteiger partial charge in [-0.1, -0.05) is 12.1 Å². The molecule has 1 radical (unpaired) electrons. The minimum absolute atomic E-state index is 0. The van der Waals surface area contributed by atoms with Crippen LogP contribution < -0.4 is 21.2 Å². The summed E-state index contributed by atoms with van der Waals surface area (Å²) in [4.78, 5) is 41.0. The molecule has 0 atom stereocenters. The average Bonchev–Trinajstić information content (AvgIpc) is 1.68. The first-order chi connectivity index (χ1) is 41.9. The quantitative estimate of drug-likeness (QED) is 0.0601. The van der Waals surface area contributed by atoms with Gasteiger partial charge in [0.1, 0.15) is 0 Å². The Morgan fingerprint density at radius 1 is 0.511 bits per heavy atom. The predicted molar refractivity (Wildman–Crippen MR) is 323 cm³/mol. The van der Waals surface area contributed by atoms with Crippen LogP contribution in [0.3, 0.4) is 0 Å². The van der Waals surface area contributed by atoms with Gasteiger partial charge in [0.2, 0.25) is 0 Å². The zero-order chi connectivity index (χ0) is 59.4. The predicted octanol–water partition coefficient (Wildman–Crippen LogP) is 6.31. The summed E-state index contributed by atoms with van der Waals surface area (Å²) in [6.07, 6.45) is 0. The van der Waals surface area contributed by atoms with Gasteiger partial charge in [-0.05, 0) is 12.1 Å². The number of imidazole rings is 1. The first-order valence-electron chi connectivity index (χ1n) is 25.8. The number of fused-ring (bicyclic) bond motifs is 19. The zero-order valence-electron chi connectivity index (χ0n) is 44.1. The fraction of sp³-hybridized carbons (Fsp3) is 0. The Morgan fingerprint density at radius 3 is 1.55 bits per heavy atom. The van der Waals surface area contributed by atoms with Crippen LogP contribution in [0.1, 0.15) is 22.3 Å². The Bertz CT molecular complexity index is 5930. The fourth-order valence-corrected chi connectivity index (χ4v) is 17.8. The number of nitrogens with one attached hydrogen (secondary N) is 2. The minimum atomic E-state index is -5.02. The number of rotatable bonds is 7. The topological polar surface area (TPSA) is 371 Å². The average molecular weight is 1320 g/mol. The van der Waals surface area contributed by atoms with Gasteiger partial charge in [0.15, 0.2) is 16.7 Å². The van der Waals surface area contributed by atoms with E-state index in [4.69, 9.17) is 34.3 Å². The van der Waals surface area contributed by atoms with Crippen molar-refractivity contribution in [1.29, 1.82) is 0 Å². The van der Waals surface area contributed by atoms with Gasteiger partial charge in [-0.15, -0.1) is 11.3 Å². The third-order valence-corrected chi connectivity index (χ3v) is 22.3. The number of thiazole rings is 1. The summed E-state index contributed by atoms with van der Waals surface area (Å²) >= 11 is -0.146. The molecular formula is C58H30GaN11O13S5-3. The van der Waals surface area contributed by atoms with Crippen molar-refractivity contribution in [2.45, 2.75) is 19.6 Å². The normalized spacial score (nSPS) is 14.1. The van der Waals surface area contributed by atoms with Crippen molar-refractivity contribution < 1.29 is 64.0 Å². The van der Waals surface area contributed by atoms with E-state index < -0.39 is 62.9 Å². The summed E-state index contributed by atoms with van der Waals surface area (Å²) in [5, 5.41) is 21.1. The van der Waals surface area contributed by atoms with Gasteiger partial charge in [0.05, 0.1) is 5.51 Å². The second-order valence-electron chi connectivity index (χ2n) is 20.2. The summed E-state index contributed by atoms with van der Waals surface area (Å²) in [6.45, 7) is 0. The van der Waals surface area contributed by atoms with Gasteiger partial charge in [-0.2, -0.15) is 0 Å². The van der Waals surface area contributed by atoms with Crippen molar-refractivity contribution >= 4 is 182 Å². The largest absolute Gasteiger partial charge is 0.305 e. The van der Waals surface area contributed by atoms with Crippen molar-refractivity contribution in [3.05, 3.63) is 190 Å². The van der Waals surface area contributed by atoms with Gasteiger partial charge in [0, 0.05) is 5.38 Å². The Balaban J connectivity index is 0.000000379. The van der Waals surface area contributed by atoms with E-state index in [0.29, 0.717) is 93.2 Å². The summed E-state index contributed by atoms with van der Waals surface area (Å²) in [5.41, 5.74) is 7.29. The zero-order valence-corrected chi connectivity index (χ0v) is 50.6. The Hall–Kier alpha value is -8.96. The van der Waals surface area contributed by atoms with Crippen molar-refractivity contribution in [2.75, 3.05) is 0 Å². The van der Waals surface area contributed by atoms with E-state index in [2.05, 4.69) is 20.0 Å². The van der Waals surface area contributed by atoms with E-state index >= 15 is 0 Å². The van der Waals surface area contributed by atoms with Crippen LogP contribution in [0, 0.1) is 0 Å². The standard InChI is InChI=1S/C48H24N8O12S4.C10H7N3S.Ga.H2O/c57-67-68-69-37-9-1-5-21-13-29-33(17-25(21)37)45-49-41(29)51-46-35-19-27-23(7-3-11-39(27)71(61,62)63)15-31(35)43(53-46)55-48-36-20-28-24(8-4-12-40(28)72(64,65)66)16-32(36)44(56-48)54-47-34-18-26-22(14-30(34)42(50-45)52-47)6-2-10-38(26)70(58,59)60;1-2-4-8-7(3-1)12-10(13-8)9-5-14-6-11-9;;/h1-20H,(H4-2,49,50,51,52,53,54,55,56,57,58,59,60,61,62,63,64,65,66);1-6H,(H,12,13);;1H2/q-2;;+2;/p-3. The molecule has 431 valence electrons. The second-order valence-corrected chi connectivity index (χ2v) is 28.4. The van der Waals surface area contributed by atoms with E-state index in [-0.39, 0.29) is 62.1 Å². The number of para-hydroxylation sites is 2. The first kappa shape index (κ1) is 55.6. The number of hydrogen-bond acceptors (Lipinski definition) is 21. The van der Waals surface area contributed by atoms with Crippen LogP contribution in [0.2, 0.25) is 0 Å². The van der Waals surface area contributed by atoms with E-state index in [1.807, 2.05) is 59.9 Å². The number of benzene rings is 9. The third-order valence-electron chi connectivity index (χ3n) is 15.4. The molecule has 9 aromatic carbocycles. The maximum atomic E-state index is 12.8. The SMILES string of the molecule is O.O=S(=O)([O-])c1cccc2cc3c(cc12)C1=Nc2c4cc5cccc(S(=O)(=O)[O-])c5cc4c4[n]2[Ga][n]2c(c5cc6cccc(S(=O)(=O)[O-])c6cc5c2=NC3=N1)=NC1=NC(=N4)c2cc3cccc(SOO[O-])c3cc21.c1ccc2[nH+]c(-c3cscn3)[nH]c2c1. The molecule has 17 rings (SSSR count). The van der Waals surface area contributed by atoms with Crippen LogP contribution in [-0.2, 0) is 39.7 Å². The third kappa shape index (κ3) is 8.95. The van der Waals surface area contributed by atoms with Crippen molar-refractivity contribution in [3.8, 4) is 11.5 Å². The maximum Gasteiger partial charge on any atom is 0.305 e. The van der Waals surface area contributed by atoms with E-state index in [1.54, 1.807) is 72.0 Å². The Kier molecular flexibility index (Phi) is 12.8. The Morgan fingerprint density at radius 2 is 0.989 bits per heavy atom. The number of hydrogen-bond donors (Lipinski definition) is 1. The molecule has 30 heteroatoms. The molecule has 0 aliphatic carbocycles. The van der Waals surface area contributed by atoms with Crippen LogP contribution in [0.4, 0.5) is 11.6 Å². The van der Waals surface area contributed by atoms with E-state index in [9.17, 15) is 44.2 Å². The number of H-pyrrole nitrogens is 2. The van der Waals surface area contributed by atoms with E-state index in [1.165, 1.54) is 42.5 Å². The van der Waals surface area contributed by atoms with Crippen molar-refractivity contribution in [3.63, 3.8) is 0 Å². The monoisotopic (exact) mass is 1320 g/mol. The molecule has 4 aliphatic heterocycles. The summed E-state index contributed by atoms with van der Waals surface area (Å²) in [6, 6.07) is 39.8. The first-order valence-corrected chi connectivity index (χ1v) is 33.9. The molecule has 4 aromatic heterocycles. The number of aromatic amines is 2. The van der Waals surface area contributed by atoms with Crippen LogP contribution in [-0.4, -0.2) is 102 Å². The molecule has 0 fully saturated rings. The molecule has 13 aromatic rings. The molecule has 0 unspecified atom stereocenters. The van der Waals surface area contributed by atoms with Gasteiger partial charge in [-0.25, -0.2) is 15.0 Å². The molecule has 8 heterocycles. The fourth-order valence-electron chi connectivity index (χ4n) is 11.6. The molecule has 0 amide bonds. The van der Waals surface area contributed by atoms with Gasteiger partial charge >= 0.3 is 430 Å². The van der Waals surface area contributed by atoms with Crippen LogP contribution in [0.5, 0.6) is 0 Å².